The van der Waals surface area contributed by atoms with Gasteiger partial charge in [0.05, 0.1) is 18.0 Å². The number of nitrogens with one attached hydrogen (secondary N) is 1. The van der Waals surface area contributed by atoms with Gasteiger partial charge in [0.25, 0.3) is 0 Å². The number of methoxy groups -OCH3 is 1. The standard InChI is InChI=1S/C13H15N3O2/c1-17-9-2-3-12-11(6-9)13(16-8-15-12)18-10-4-5-14-7-10/h2-3,6,8,10,14H,4-5,7H2,1H3/t10-/m0/s1. The second kappa shape index (κ2) is 4.78. The minimum absolute atomic E-state index is 0.189. The van der Waals surface area contributed by atoms with Crippen LogP contribution in [0.25, 0.3) is 10.9 Å². The fraction of sp³-hybridized carbons (Fsp3) is 0.385. The van der Waals surface area contributed by atoms with Crippen molar-refractivity contribution in [3.63, 3.8) is 0 Å². The monoisotopic (exact) mass is 245 g/mol. The van der Waals surface area contributed by atoms with Crippen molar-refractivity contribution in [2.24, 2.45) is 0 Å². The smallest absolute Gasteiger partial charge is 0.224 e. The molecule has 1 aromatic carbocycles. The minimum atomic E-state index is 0.189. The van der Waals surface area contributed by atoms with Crippen molar-refractivity contribution in [2.45, 2.75) is 12.5 Å². The van der Waals surface area contributed by atoms with Gasteiger partial charge in [-0.15, -0.1) is 0 Å². The number of nitrogens with zero attached hydrogens (tertiary/aromatic N) is 2. The molecule has 0 bridgehead atoms. The molecule has 1 fully saturated rings. The zero-order valence-corrected chi connectivity index (χ0v) is 10.2. The summed E-state index contributed by atoms with van der Waals surface area (Å²) in [5.41, 5.74) is 0.867. The Morgan fingerprint density at radius 3 is 3.06 bits per heavy atom. The van der Waals surface area contributed by atoms with E-state index in [4.69, 9.17) is 9.47 Å². The van der Waals surface area contributed by atoms with Gasteiger partial charge in [-0.05, 0) is 31.2 Å². The molecule has 5 nitrogen and oxygen atoms in total. The Kier molecular flexibility index (Phi) is 2.98. The van der Waals surface area contributed by atoms with Crippen molar-refractivity contribution in [3.8, 4) is 11.6 Å². The molecule has 1 N–H and O–H groups in total. The highest BCUT2D eigenvalue weighted by atomic mass is 16.5. The van der Waals surface area contributed by atoms with Crippen molar-refractivity contribution in [3.05, 3.63) is 24.5 Å². The summed E-state index contributed by atoms with van der Waals surface area (Å²) in [6.45, 7) is 1.87. The lowest BCUT2D eigenvalue weighted by Gasteiger charge is -2.13. The number of benzene rings is 1. The van der Waals surface area contributed by atoms with Crippen molar-refractivity contribution >= 4 is 10.9 Å². The lowest BCUT2D eigenvalue weighted by molar-refractivity contribution is 0.217. The van der Waals surface area contributed by atoms with E-state index >= 15 is 0 Å². The van der Waals surface area contributed by atoms with Crippen LogP contribution in [0.5, 0.6) is 11.6 Å². The molecule has 0 saturated carbocycles. The summed E-state index contributed by atoms with van der Waals surface area (Å²) in [6.07, 6.45) is 2.73. The van der Waals surface area contributed by atoms with E-state index in [0.717, 1.165) is 36.2 Å². The van der Waals surface area contributed by atoms with Crippen molar-refractivity contribution < 1.29 is 9.47 Å². The molecule has 1 saturated heterocycles. The summed E-state index contributed by atoms with van der Waals surface area (Å²) in [5, 5.41) is 4.16. The quantitative estimate of drug-likeness (QED) is 0.885. The van der Waals surface area contributed by atoms with Gasteiger partial charge in [0.1, 0.15) is 18.2 Å². The normalized spacial score (nSPS) is 19.1. The van der Waals surface area contributed by atoms with Gasteiger partial charge in [0.2, 0.25) is 5.88 Å². The number of hydrogen-bond donors (Lipinski definition) is 1. The Labute approximate surface area is 105 Å². The van der Waals surface area contributed by atoms with Crippen molar-refractivity contribution in [1.29, 1.82) is 0 Å². The lowest BCUT2D eigenvalue weighted by atomic mass is 10.2. The average Bonchev–Trinajstić information content (AvgIpc) is 2.91. The summed E-state index contributed by atoms with van der Waals surface area (Å²) in [4.78, 5) is 8.46. The molecule has 0 spiro atoms. The third-order valence-electron chi connectivity index (χ3n) is 3.10. The van der Waals surface area contributed by atoms with Gasteiger partial charge >= 0.3 is 0 Å². The topological polar surface area (TPSA) is 56.3 Å². The van der Waals surface area contributed by atoms with Gasteiger partial charge in [-0.2, -0.15) is 0 Å². The van der Waals surface area contributed by atoms with E-state index < -0.39 is 0 Å². The lowest BCUT2D eigenvalue weighted by Crippen LogP contribution is -2.20. The first-order valence-electron chi connectivity index (χ1n) is 6.03. The Bertz CT molecular complexity index is 553. The Morgan fingerprint density at radius 1 is 1.33 bits per heavy atom. The second-order valence-corrected chi connectivity index (χ2v) is 4.29. The molecule has 18 heavy (non-hydrogen) atoms. The van der Waals surface area contributed by atoms with E-state index in [1.807, 2.05) is 18.2 Å². The average molecular weight is 245 g/mol. The molecule has 0 unspecified atom stereocenters. The van der Waals surface area contributed by atoms with Crippen LogP contribution in [0.4, 0.5) is 0 Å². The summed E-state index contributed by atoms with van der Waals surface area (Å²) < 4.78 is 11.1. The third kappa shape index (κ3) is 2.09. The van der Waals surface area contributed by atoms with Gasteiger partial charge in [0, 0.05) is 6.54 Å². The van der Waals surface area contributed by atoms with Crippen LogP contribution < -0.4 is 14.8 Å². The predicted octanol–water partition coefficient (Wildman–Crippen LogP) is 1.38. The second-order valence-electron chi connectivity index (χ2n) is 4.29. The molecule has 1 aromatic heterocycles. The van der Waals surface area contributed by atoms with Gasteiger partial charge in [-0.1, -0.05) is 0 Å². The molecule has 0 aliphatic carbocycles. The molecular formula is C13H15N3O2. The highest BCUT2D eigenvalue weighted by molar-refractivity contribution is 5.84. The fourth-order valence-corrected chi connectivity index (χ4v) is 2.12. The minimum Gasteiger partial charge on any atom is -0.497 e. The first kappa shape index (κ1) is 11.2. The molecule has 5 heteroatoms. The maximum absolute atomic E-state index is 5.92. The molecule has 0 amide bonds. The number of hydrogen-bond acceptors (Lipinski definition) is 5. The van der Waals surface area contributed by atoms with Crippen LogP contribution in [0.1, 0.15) is 6.42 Å². The van der Waals surface area contributed by atoms with Crippen molar-refractivity contribution in [1.82, 2.24) is 15.3 Å². The molecule has 2 aromatic rings. The first-order valence-corrected chi connectivity index (χ1v) is 6.03. The number of ether oxygens (including phenoxy) is 2. The van der Waals surface area contributed by atoms with Crippen LogP contribution in [-0.4, -0.2) is 36.3 Å². The van der Waals surface area contributed by atoms with Crippen molar-refractivity contribution in [2.75, 3.05) is 20.2 Å². The Morgan fingerprint density at radius 2 is 2.28 bits per heavy atom. The van der Waals surface area contributed by atoms with Crippen LogP contribution in [0.15, 0.2) is 24.5 Å². The third-order valence-corrected chi connectivity index (χ3v) is 3.10. The highest BCUT2D eigenvalue weighted by Gasteiger charge is 2.18. The first-order chi connectivity index (χ1) is 8.86. The molecule has 1 atom stereocenters. The van der Waals surface area contributed by atoms with Gasteiger partial charge in [-0.25, -0.2) is 9.97 Å². The summed E-state index contributed by atoms with van der Waals surface area (Å²) in [7, 11) is 1.65. The van der Waals surface area contributed by atoms with E-state index in [2.05, 4.69) is 15.3 Å². The number of aromatic nitrogens is 2. The SMILES string of the molecule is COc1ccc2ncnc(O[C@H]3CCNC3)c2c1. The molecule has 1 aliphatic heterocycles. The van der Waals surface area contributed by atoms with Crippen LogP contribution in [0, 0.1) is 0 Å². The van der Waals surface area contributed by atoms with Crippen LogP contribution in [0.3, 0.4) is 0 Å². The molecule has 2 heterocycles. The molecule has 94 valence electrons. The van der Waals surface area contributed by atoms with E-state index in [0.29, 0.717) is 5.88 Å². The van der Waals surface area contributed by atoms with Gasteiger partial charge < -0.3 is 14.8 Å². The summed E-state index contributed by atoms with van der Waals surface area (Å²) >= 11 is 0. The molecule has 3 rings (SSSR count). The zero-order valence-electron chi connectivity index (χ0n) is 10.2. The largest absolute Gasteiger partial charge is 0.497 e. The van der Waals surface area contributed by atoms with E-state index in [1.54, 1.807) is 7.11 Å². The van der Waals surface area contributed by atoms with Gasteiger partial charge in [0.15, 0.2) is 0 Å². The van der Waals surface area contributed by atoms with Crippen LogP contribution in [0.2, 0.25) is 0 Å². The predicted molar refractivity (Wildman–Crippen MR) is 68.0 cm³/mol. The maximum atomic E-state index is 5.92. The van der Waals surface area contributed by atoms with E-state index in [9.17, 15) is 0 Å². The zero-order chi connectivity index (χ0) is 12.4. The number of fused-ring (bicyclic) bond motifs is 1. The van der Waals surface area contributed by atoms with Gasteiger partial charge in [-0.3, -0.25) is 0 Å². The summed E-state index contributed by atoms with van der Waals surface area (Å²) in [5.74, 6) is 1.42. The summed E-state index contributed by atoms with van der Waals surface area (Å²) in [6, 6.07) is 5.71. The molecular weight excluding hydrogens is 230 g/mol. The Hall–Kier alpha value is -1.88. The van der Waals surface area contributed by atoms with Crippen LogP contribution >= 0.6 is 0 Å². The van der Waals surface area contributed by atoms with Crippen LogP contribution in [-0.2, 0) is 0 Å². The van der Waals surface area contributed by atoms with E-state index in [1.165, 1.54) is 6.33 Å². The number of rotatable bonds is 3. The fourth-order valence-electron chi connectivity index (χ4n) is 2.12. The maximum Gasteiger partial charge on any atom is 0.224 e. The Balaban J connectivity index is 1.98. The van der Waals surface area contributed by atoms with E-state index in [-0.39, 0.29) is 6.10 Å². The highest BCUT2D eigenvalue weighted by Crippen LogP contribution is 2.26. The molecule has 0 radical (unpaired) electrons. The molecule has 1 aliphatic rings.